The first-order valence-electron chi connectivity index (χ1n) is 7.43. The van der Waals surface area contributed by atoms with Gasteiger partial charge in [-0.1, -0.05) is 30.3 Å². The third-order valence-corrected chi connectivity index (χ3v) is 3.76. The zero-order valence-electron chi connectivity index (χ0n) is 12.7. The van der Waals surface area contributed by atoms with Gasteiger partial charge >= 0.3 is 0 Å². The molecule has 2 N–H and O–H groups in total. The van der Waals surface area contributed by atoms with Gasteiger partial charge in [0, 0.05) is 26.3 Å². The normalized spacial score (nSPS) is 24.4. The van der Waals surface area contributed by atoms with Crippen molar-refractivity contribution in [2.24, 2.45) is 0 Å². The highest BCUT2D eigenvalue weighted by molar-refractivity contribution is 5.78. The van der Waals surface area contributed by atoms with Gasteiger partial charge < -0.3 is 20.1 Å². The fraction of sp³-hybridized carbons (Fsp3) is 0.562. The van der Waals surface area contributed by atoms with Gasteiger partial charge in [-0.3, -0.25) is 4.79 Å². The SMILES string of the molecule is CCOC1CC(NCC(=O)NCc2ccccc2)C1OC. The van der Waals surface area contributed by atoms with Crippen LogP contribution in [0.4, 0.5) is 0 Å². The molecule has 1 saturated carbocycles. The molecule has 3 unspecified atom stereocenters. The van der Waals surface area contributed by atoms with Gasteiger partial charge in [-0.05, 0) is 18.9 Å². The fourth-order valence-corrected chi connectivity index (χ4v) is 2.56. The van der Waals surface area contributed by atoms with E-state index in [0.717, 1.165) is 12.0 Å². The van der Waals surface area contributed by atoms with Crippen LogP contribution >= 0.6 is 0 Å². The number of carbonyl (C=O) groups is 1. The Hall–Kier alpha value is -1.43. The number of hydrogen-bond donors (Lipinski definition) is 2. The van der Waals surface area contributed by atoms with Crippen LogP contribution in [0.2, 0.25) is 0 Å². The molecular weight excluding hydrogens is 268 g/mol. The van der Waals surface area contributed by atoms with Crippen LogP contribution in [-0.2, 0) is 20.8 Å². The molecule has 5 nitrogen and oxygen atoms in total. The quantitative estimate of drug-likeness (QED) is 0.753. The monoisotopic (exact) mass is 292 g/mol. The summed E-state index contributed by atoms with van der Waals surface area (Å²) in [5.74, 6) is -0.00596. The van der Waals surface area contributed by atoms with Crippen molar-refractivity contribution < 1.29 is 14.3 Å². The molecule has 1 amide bonds. The van der Waals surface area contributed by atoms with Gasteiger partial charge in [-0.25, -0.2) is 0 Å². The van der Waals surface area contributed by atoms with Crippen molar-refractivity contribution in [3.05, 3.63) is 35.9 Å². The lowest BCUT2D eigenvalue weighted by Gasteiger charge is -2.43. The second kappa shape index (κ2) is 8.12. The molecule has 116 valence electrons. The molecule has 5 heteroatoms. The Kier molecular flexibility index (Phi) is 6.17. The predicted molar refractivity (Wildman–Crippen MR) is 80.9 cm³/mol. The van der Waals surface area contributed by atoms with Crippen LogP contribution in [0.3, 0.4) is 0 Å². The van der Waals surface area contributed by atoms with E-state index in [4.69, 9.17) is 9.47 Å². The zero-order valence-corrected chi connectivity index (χ0v) is 12.7. The Balaban J connectivity index is 1.65. The molecule has 0 bridgehead atoms. The van der Waals surface area contributed by atoms with Crippen molar-refractivity contribution in [3.8, 4) is 0 Å². The molecule has 1 aromatic carbocycles. The van der Waals surface area contributed by atoms with Crippen LogP contribution in [0.25, 0.3) is 0 Å². The average molecular weight is 292 g/mol. The third kappa shape index (κ3) is 4.52. The summed E-state index contributed by atoms with van der Waals surface area (Å²) >= 11 is 0. The summed E-state index contributed by atoms with van der Waals surface area (Å²) in [6.07, 6.45) is 1.06. The van der Waals surface area contributed by atoms with Gasteiger partial charge in [0.05, 0.1) is 18.8 Å². The third-order valence-electron chi connectivity index (χ3n) is 3.76. The Morgan fingerprint density at radius 2 is 2.10 bits per heavy atom. The summed E-state index contributed by atoms with van der Waals surface area (Å²) in [6.45, 7) is 3.52. The minimum Gasteiger partial charge on any atom is -0.377 e. The van der Waals surface area contributed by atoms with Gasteiger partial charge in [-0.15, -0.1) is 0 Å². The van der Waals surface area contributed by atoms with Crippen LogP contribution < -0.4 is 10.6 Å². The lowest BCUT2D eigenvalue weighted by molar-refractivity contribution is -0.134. The zero-order chi connectivity index (χ0) is 15.1. The number of nitrogens with one attached hydrogen (secondary N) is 2. The minimum atomic E-state index is -0.00596. The van der Waals surface area contributed by atoms with E-state index in [1.165, 1.54) is 0 Å². The molecule has 3 atom stereocenters. The average Bonchev–Trinajstić information content (AvgIpc) is 2.49. The van der Waals surface area contributed by atoms with Crippen molar-refractivity contribution in [1.82, 2.24) is 10.6 Å². The first kappa shape index (κ1) is 15.9. The van der Waals surface area contributed by atoms with Crippen LogP contribution in [0.15, 0.2) is 30.3 Å². The van der Waals surface area contributed by atoms with Crippen molar-refractivity contribution in [2.75, 3.05) is 20.3 Å². The number of benzene rings is 1. The number of ether oxygens (including phenoxy) is 2. The Labute approximate surface area is 126 Å². The smallest absolute Gasteiger partial charge is 0.234 e. The van der Waals surface area contributed by atoms with Crippen LogP contribution in [0, 0.1) is 0 Å². The standard InChI is InChI=1S/C16H24N2O3/c1-3-21-14-9-13(16(14)20-2)17-11-15(19)18-10-12-7-5-4-6-8-12/h4-8,13-14,16-17H,3,9-11H2,1-2H3,(H,18,19). The van der Waals surface area contributed by atoms with E-state index in [9.17, 15) is 4.79 Å². The van der Waals surface area contributed by atoms with Gasteiger partial charge in [0.25, 0.3) is 0 Å². The summed E-state index contributed by atoms with van der Waals surface area (Å²) < 4.78 is 11.0. The van der Waals surface area contributed by atoms with Gasteiger partial charge in [0.2, 0.25) is 5.91 Å². The largest absolute Gasteiger partial charge is 0.377 e. The van der Waals surface area contributed by atoms with E-state index in [0.29, 0.717) is 19.7 Å². The van der Waals surface area contributed by atoms with Crippen LogP contribution in [-0.4, -0.2) is 44.4 Å². The van der Waals surface area contributed by atoms with Crippen LogP contribution in [0.5, 0.6) is 0 Å². The maximum atomic E-state index is 11.8. The molecule has 1 fully saturated rings. The predicted octanol–water partition coefficient (Wildman–Crippen LogP) is 1.08. The van der Waals surface area contributed by atoms with Crippen LogP contribution in [0.1, 0.15) is 18.9 Å². The molecule has 0 aliphatic heterocycles. The molecule has 0 spiro atoms. The molecule has 1 aliphatic rings. The Morgan fingerprint density at radius 3 is 2.76 bits per heavy atom. The van der Waals surface area contributed by atoms with E-state index in [2.05, 4.69) is 10.6 Å². The van der Waals surface area contributed by atoms with E-state index < -0.39 is 0 Å². The van der Waals surface area contributed by atoms with Crippen molar-refractivity contribution in [3.63, 3.8) is 0 Å². The van der Waals surface area contributed by atoms with Gasteiger partial charge in [0.15, 0.2) is 0 Å². The first-order valence-corrected chi connectivity index (χ1v) is 7.43. The number of rotatable bonds is 8. The summed E-state index contributed by atoms with van der Waals surface area (Å²) in [5.41, 5.74) is 1.10. The summed E-state index contributed by atoms with van der Waals surface area (Å²) in [4.78, 5) is 11.8. The van der Waals surface area contributed by atoms with E-state index >= 15 is 0 Å². The molecule has 2 rings (SSSR count). The molecule has 1 aromatic rings. The minimum absolute atomic E-state index is 0.00596. The highest BCUT2D eigenvalue weighted by Crippen LogP contribution is 2.26. The lowest BCUT2D eigenvalue weighted by Crippen LogP contribution is -2.60. The summed E-state index contributed by atoms with van der Waals surface area (Å²) in [6, 6.07) is 10.1. The molecule has 21 heavy (non-hydrogen) atoms. The topological polar surface area (TPSA) is 59.6 Å². The Bertz CT molecular complexity index is 438. The fourth-order valence-electron chi connectivity index (χ4n) is 2.56. The second-order valence-corrected chi connectivity index (χ2v) is 5.18. The van der Waals surface area contributed by atoms with Crippen molar-refractivity contribution in [2.45, 2.75) is 38.1 Å². The molecule has 0 radical (unpaired) electrons. The van der Waals surface area contributed by atoms with Gasteiger partial charge in [0.1, 0.15) is 0 Å². The highest BCUT2D eigenvalue weighted by atomic mass is 16.5. The van der Waals surface area contributed by atoms with Crippen molar-refractivity contribution in [1.29, 1.82) is 0 Å². The van der Waals surface area contributed by atoms with E-state index in [1.54, 1.807) is 7.11 Å². The Morgan fingerprint density at radius 1 is 1.33 bits per heavy atom. The lowest BCUT2D eigenvalue weighted by atomic mass is 9.85. The molecule has 0 heterocycles. The number of hydrogen-bond acceptors (Lipinski definition) is 4. The number of amides is 1. The molecule has 0 aromatic heterocycles. The van der Waals surface area contributed by atoms with E-state index in [1.807, 2.05) is 37.3 Å². The highest BCUT2D eigenvalue weighted by Gasteiger charge is 2.41. The molecule has 0 saturated heterocycles. The molecule has 1 aliphatic carbocycles. The molecular formula is C16H24N2O3. The number of carbonyl (C=O) groups excluding carboxylic acids is 1. The first-order chi connectivity index (χ1) is 10.2. The second-order valence-electron chi connectivity index (χ2n) is 5.18. The summed E-state index contributed by atoms with van der Waals surface area (Å²) in [5, 5.41) is 6.13. The number of methoxy groups -OCH3 is 1. The maximum Gasteiger partial charge on any atom is 0.234 e. The van der Waals surface area contributed by atoms with Crippen molar-refractivity contribution >= 4 is 5.91 Å². The van der Waals surface area contributed by atoms with Gasteiger partial charge in [-0.2, -0.15) is 0 Å². The van der Waals surface area contributed by atoms with E-state index in [-0.39, 0.29) is 24.2 Å². The maximum absolute atomic E-state index is 11.8. The summed E-state index contributed by atoms with van der Waals surface area (Å²) in [7, 11) is 1.68.